The molecule has 4 rings (SSSR count). The second kappa shape index (κ2) is 9.36. The van der Waals surface area contributed by atoms with Crippen molar-refractivity contribution in [3.05, 3.63) is 93.2 Å². The molecule has 180 valence electrons. The van der Waals surface area contributed by atoms with Crippen molar-refractivity contribution in [2.45, 2.75) is 32.2 Å². The first-order valence-electron chi connectivity index (χ1n) is 10.9. The summed E-state index contributed by atoms with van der Waals surface area (Å²) in [5.74, 6) is -1.88. The number of aromatic nitrogens is 1. The van der Waals surface area contributed by atoms with Crippen LogP contribution < -0.4 is 9.64 Å². The normalized spacial score (nSPS) is 17.7. The number of aliphatic hydroxyl groups is 1. The van der Waals surface area contributed by atoms with Crippen LogP contribution in [-0.4, -0.2) is 28.9 Å². The number of amides is 1. The predicted molar refractivity (Wildman–Crippen MR) is 137 cm³/mol. The van der Waals surface area contributed by atoms with E-state index in [1.54, 1.807) is 36.7 Å². The van der Waals surface area contributed by atoms with Crippen LogP contribution in [0.1, 0.15) is 43.5 Å². The summed E-state index contributed by atoms with van der Waals surface area (Å²) in [4.78, 5) is 32.1. The Labute approximate surface area is 213 Å². The number of pyridine rings is 1. The molecule has 35 heavy (non-hydrogen) atoms. The highest BCUT2D eigenvalue weighted by molar-refractivity contribution is 6.51. The van der Waals surface area contributed by atoms with Crippen LogP contribution in [0.3, 0.4) is 0 Å². The van der Waals surface area contributed by atoms with Gasteiger partial charge in [0.15, 0.2) is 0 Å². The van der Waals surface area contributed by atoms with Crippen molar-refractivity contribution in [3.8, 4) is 5.75 Å². The topological polar surface area (TPSA) is 79.7 Å². The van der Waals surface area contributed by atoms with E-state index in [2.05, 4.69) is 25.8 Å². The summed E-state index contributed by atoms with van der Waals surface area (Å²) >= 11 is 12.4. The lowest BCUT2D eigenvalue weighted by Crippen LogP contribution is -2.29. The molecule has 1 unspecified atom stereocenters. The molecule has 1 aromatic heterocycles. The fraction of sp³-hybridized carbons (Fsp3) is 0.222. The standard InChI is InChI=1S/C27H24Cl2N2O4/c1-27(2,3)16-5-7-18(8-6-16)31-22(15-9-11-30-12-10-15)21(24(33)26(31)34)23(32)19-13-17(28)14-20(29)25(19)35-4/h5-14,22,32H,1-4H3/b23-21+. The number of ether oxygens (including phenoxy) is 1. The minimum absolute atomic E-state index is 0.0837. The number of methoxy groups -OCH3 is 1. The number of hydrogen-bond donors (Lipinski definition) is 1. The van der Waals surface area contributed by atoms with E-state index in [9.17, 15) is 14.7 Å². The molecular formula is C27H24Cl2N2O4. The minimum Gasteiger partial charge on any atom is -0.507 e. The molecule has 1 amide bonds. The number of aliphatic hydroxyl groups excluding tert-OH is 1. The molecule has 1 atom stereocenters. The first-order valence-corrected chi connectivity index (χ1v) is 11.6. The van der Waals surface area contributed by atoms with Gasteiger partial charge in [0.1, 0.15) is 11.5 Å². The van der Waals surface area contributed by atoms with Crippen LogP contribution in [0.2, 0.25) is 10.0 Å². The number of benzene rings is 2. The number of carbonyl (C=O) groups excluding carboxylic acids is 2. The zero-order valence-corrected chi connectivity index (χ0v) is 21.2. The molecule has 3 aromatic rings. The molecule has 2 heterocycles. The molecule has 1 aliphatic rings. The largest absolute Gasteiger partial charge is 0.507 e. The number of ketones is 1. The van der Waals surface area contributed by atoms with Crippen LogP contribution in [0.25, 0.3) is 5.76 Å². The van der Waals surface area contributed by atoms with Crippen LogP contribution in [0.15, 0.2) is 66.5 Å². The fourth-order valence-corrected chi connectivity index (χ4v) is 4.74. The highest BCUT2D eigenvalue weighted by atomic mass is 35.5. The number of Topliss-reactive ketones (excluding diaryl/α,β-unsaturated/α-hetero) is 1. The first-order chi connectivity index (χ1) is 16.5. The van der Waals surface area contributed by atoms with Gasteiger partial charge < -0.3 is 9.84 Å². The SMILES string of the molecule is COc1c(Cl)cc(Cl)cc1/C(O)=C1\C(=O)C(=O)N(c2ccc(C(C)(C)C)cc2)C1c1ccncc1. The molecule has 6 nitrogen and oxygen atoms in total. The van der Waals surface area contributed by atoms with Gasteiger partial charge in [0.25, 0.3) is 11.7 Å². The molecule has 2 aromatic carbocycles. The van der Waals surface area contributed by atoms with E-state index in [0.29, 0.717) is 11.3 Å². The monoisotopic (exact) mass is 510 g/mol. The zero-order chi connectivity index (χ0) is 25.5. The van der Waals surface area contributed by atoms with E-state index in [-0.39, 0.29) is 32.3 Å². The molecule has 0 bridgehead atoms. The van der Waals surface area contributed by atoms with Crippen LogP contribution >= 0.6 is 23.2 Å². The summed E-state index contributed by atoms with van der Waals surface area (Å²) < 4.78 is 5.37. The van der Waals surface area contributed by atoms with Crippen molar-refractivity contribution in [2.75, 3.05) is 12.0 Å². The van der Waals surface area contributed by atoms with Gasteiger partial charge in [0.2, 0.25) is 0 Å². The Morgan fingerprint density at radius 1 is 1.03 bits per heavy atom. The van der Waals surface area contributed by atoms with Crippen molar-refractivity contribution < 1.29 is 19.4 Å². The summed E-state index contributed by atoms with van der Waals surface area (Å²) in [6.07, 6.45) is 3.13. The Hall–Kier alpha value is -3.35. The minimum atomic E-state index is -0.902. The second-order valence-electron chi connectivity index (χ2n) is 9.21. The van der Waals surface area contributed by atoms with Gasteiger partial charge in [-0.15, -0.1) is 0 Å². The number of halogens is 2. The van der Waals surface area contributed by atoms with Gasteiger partial charge in [0.05, 0.1) is 29.3 Å². The van der Waals surface area contributed by atoms with Gasteiger partial charge in [-0.3, -0.25) is 19.5 Å². The third-order valence-corrected chi connectivity index (χ3v) is 6.44. The summed E-state index contributed by atoms with van der Waals surface area (Å²) in [5.41, 5.74) is 2.14. The van der Waals surface area contributed by atoms with E-state index in [1.807, 2.05) is 12.1 Å². The molecule has 1 N–H and O–H groups in total. The maximum atomic E-state index is 13.4. The van der Waals surface area contributed by atoms with Crippen LogP contribution in [0.5, 0.6) is 5.75 Å². The molecule has 0 aliphatic carbocycles. The van der Waals surface area contributed by atoms with Crippen molar-refractivity contribution in [2.24, 2.45) is 0 Å². The van der Waals surface area contributed by atoms with E-state index in [1.165, 1.54) is 24.1 Å². The lowest BCUT2D eigenvalue weighted by atomic mass is 9.87. The Morgan fingerprint density at radius 3 is 2.23 bits per heavy atom. The molecule has 8 heteroatoms. The molecule has 1 aliphatic heterocycles. The number of rotatable bonds is 4. The number of hydrogen-bond acceptors (Lipinski definition) is 5. The van der Waals surface area contributed by atoms with Gasteiger partial charge in [0, 0.05) is 23.1 Å². The van der Waals surface area contributed by atoms with Gasteiger partial charge in [-0.1, -0.05) is 56.1 Å². The Morgan fingerprint density at radius 2 is 1.66 bits per heavy atom. The van der Waals surface area contributed by atoms with Gasteiger partial charge in [-0.25, -0.2) is 0 Å². The van der Waals surface area contributed by atoms with E-state index < -0.39 is 23.5 Å². The molecule has 0 spiro atoms. The lowest BCUT2D eigenvalue weighted by Gasteiger charge is -2.26. The van der Waals surface area contributed by atoms with Crippen LogP contribution in [0.4, 0.5) is 5.69 Å². The third-order valence-electron chi connectivity index (χ3n) is 5.95. The summed E-state index contributed by atoms with van der Waals surface area (Å²) in [7, 11) is 1.39. The Balaban J connectivity index is 1.95. The quantitative estimate of drug-likeness (QED) is 0.252. The highest BCUT2D eigenvalue weighted by Gasteiger charge is 2.47. The fourth-order valence-electron chi connectivity index (χ4n) is 4.17. The first kappa shape index (κ1) is 24.8. The summed E-state index contributed by atoms with van der Waals surface area (Å²) in [5, 5.41) is 11.8. The Kier molecular flexibility index (Phi) is 6.62. The average molecular weight is 511 g/mol. The van der Waals surface area contributed by atoms with Crippen molar-refractivity contribution in [1.82, 2.24) is 4.98 Å². The van der Waals surface area contributed by atoms with Gasteiger partial charge >= 0.3 is 0 Å². The molecule has 1 fully saturated rings. The van der Waals surface area contributed by atoms with Crippen LogP contribution in [-0.2, 0) is 15.0 Å². The lowest BCUT2D eigenvalue weighted by molar-refractivity contribution is -0.132. The number of carbonyl (C=O) groups is 2. The highest BCUT2D eigenvalue weighted by Crippen LogP contribution is 2.45. The summed E-state index contributed by atoms with van der Waals surface area (Å²) in [6.45, 7) is 6.28. The van der Waals surface area contributed by atoms with E-state index in [0.717, 1.165) is 5.56 Å². The average Bonchev–Trinajstić information content (AvgIpc) is 3.08. The van der Waals surface area contributed by atoms with Gasteiger partial charge in [-0.05, 0) is 52.9 Å². The number of anilines is 1. The molecule has 0 radical (unpaired) electrons. The van der Waals surface area contributed by atoms with Crippen molar-refractivity contribution >= 4 is 46.3 Å². The maximum Gasteiger partial charge on any atom is 0.300 e. The zero-order valence-electron chi connectivity index (χ0n) is 19.7. The molecule has 1 saturated heterocycles. The van der Waals surface area contributed by atoms with E-state index >= 15 is 0 Å². The molecular weight excluding hydrogens is 487 g/mol. The van der Waals surface area contributed by atoms with Crippen molar-refractivity contribution in [1.29, 1.82) is 0 Å². The van der Waals surface area contributed by atoms with E-state index in [4.69, 9.17) is 27.9 Å². The maximum absolute atomic E-state index is 13.4. The van der Waals surface area contributed by atoms with Crippen molar-refractivity contribution in [3.63, 3.8) is 0 Å². The van der Waals surface area contributed by atoms with Crippen LogP contribution in [0, 0.1) is 0 Å². The number of nitrogens with zero attached hydrogens (tertiary/aromatic N) is 2. The second-order valence-corrected chi connectivity index (χ2v) is 10.1. The third kappa shape index (κ3) is 4.51. The van der Waals surface area contributed by atoms with Gasteiger partial charge in [-0.2, -0.15) is 0 Å². The smallest absolute Gasteiger partial charge is 0.300 e. The summed E-state index contributed by atoms with van der Waals surface area (Å²) in [6, 6.07) is 12.9. The predicted octanol–water partition coefficient (Wildman–Crippen LogP) is 6.32. The molecule has 0 saturated carbocycles. The Bertz CT molecular complexity index is 1330.